The van der Waals surface area contributed by atoms with E-state index < -0.39 is 11.5 Å². The van der Waals surface area contributed by atoms with Crippen molar-refractivity contribution >= 4 is 23.3 Å². The Morgan fingerprint density at radius 3 is 2.95 bits per heavy atom. The number of anilines is 1. The minimum Gasteiger partial charge on any atom is -0.479 e. The molecule has 0 aliphatic carbocycles. The Kier molecular flexibility index (Phi) is 3.68. The smallest absolute Gasteiger partial charge is 0.329 e. The van der Waals surface area contributed by atoms with Crippen molar-refractivity contribution in [2.75, 3.05) is 11.4 Å². The molecule has 0 saturated carbocycles. The zero-order valence-electron chi connectivity index (χ0n) is 10.7. The lowest BCUT2D eigenvalue weighted by Crippen LogP contribution is -2.50. The SMILES string of the molecule is CCC1(C(=O)O)CCCN1c1cccc(Cl)c1C#N. The van der Waals surface area contributed by atoms with Crippen molar-refractivity contribution in [2.24, 2.45) is 0 Å². The molecule has 1 N–H and O–H groups in total. The Morgan fingerprint density at radius 1 is 1.63 bits per heavy atom. The van der Waals surface area contributed by atoms with E-state index in [1.54, 1.807) is 18.2 Å². The molecule has 4 nitrogen and oxygen atoms in total. The average Bonchev–Trinajstić information content (AvgIpc) is 2.83. The van der Waals surface area contributed by atoms with E-state index in [2.05, 4.69) is 6.07 Å². The van der Waals surface area contributed by atoms with E-state index in [1.165, 1.54) is 0 Å². The molecule has 19 heavy (non-hydrogen) atoms. The largest absolute Gasteiger partial charge is 0.479 e. The zero-order valence-corrected chi connectivity index (χ0v) is 11.4. The number of rotatable bonds is 3. The van der Waals surface area contributed by atoms with Crippen LogP contribution in [-0.2, 0) is 4.79 Å². The van der Waals surface area contributed by atoms with Crippen molar-refractivity contribution in [2.45, 2.75) is 31.7 Å². The van der Waals surface area contributed by atoms with E-state index in [9.17, 15) is 15.2 Å². The molecule has 1 aromatic rings. The average molecular weight is 279 g/mol. The predicted molar refractivity (Wildman–Crippen MR) is 73.4 cm³/mol. The van der Waals surface area contributed by atoms with Crippen molar-refractivity contribution in [1.82, 2.24) is 0 Å². The molecule has 5 heteroatoms. The minimum absolute atomic E-state index is 0.352. The van der Waals surface area contributed by atoms with Gasteiger partial charge < -0.3 is 10.0 Å². The molecular weight excluding hydrogens is 264 g/mol. The minimum atomic E-state index is -0.920. The van der Waals surface area contributed by atoms with Gasteiger partial charge in [0.05, 0.1) is 16.3 Å². The van der Waals surface area contributed by atoms with Crippen molar-refractivity contribution in [3.8, 4) is 6.07 Å². The van der Waals surface area contributed by atoms with Gasteiger partial charge in [-0.25, -0.2) is 4.79 Å². The second-order valence-electron chi connectivity index (χ2n) is 4.69. The van der Waals surface area contributed by atoms with Gasteiger partial charge in [0.15, 0.2) is 0 Å². The molecular formula is C14H15ClN2O2. The summed E-state index contributed by atoms with van der Waals surface area (Å²) in [5.74, 6) is -0.837. The number of carboxylic acids is 1. The fraction of sp³-hybridized carbons (Fsp3) is 0.429. The van der Waals surface area contributed by atoms with E-state index in [0.29, 0.717) is 35.7 Å². The highest BCUT2D eigenvalue weighted by atomic mass is 35.5. The van der Waals surface area contributed by atoms with Gasteiger partial charge >= 0.3 is 5.97 Å². The Hall–Kier alpha value is -1.73. The molecule has 1 heterocycles. The normalized spacial score (nSPS) is 22.3. The van der Waals surface area contributed by atoms with Gasteiger partial charge in [-0.1, -0.05) is 24.6 Å². The summed E-state index contributed by atoms with van der Waals surface area (Å²) in [7, 11) is 0. The number of halogens is 1. The summed E-state index contributed by atoms with van der Waals surface area (Å²) in [5, 5.41) is 19.2. The van der Waals surface area contributed by atoms with E-state index in [1.807, 2.05) is 11.8 Å². The summed E-state index contributed by atoms with van der Waals surface area (Å²) in [6, 6.07) is 7.24. The van der Waals surface area contributed by atoms with Crippen molar-refractivity contribution in [1.29, 1.82) is 5.26 Å². The fourth-order valence-electron chi connectivity index (χ4n) is 2.82. The van der Waals surface area contributed by atoms with Crippen LogP contribution >= 0.6 is 11.6 Å². The molecule has 1 unspecified atom stereocenters. The Morgan fingerprint density at radius 2 is 2.37 bits per heavy atom. The number of hydrogen-bond donors (Lipinski definition) is 1. The van der Waals surface area contributed by atoms with E-state index in [0.717, 1.165) is 6.42 Å². The number of hydrogen-bond acceptors (Lipinski definition) is 3. The molecule has 1 aromatic carbocycles. The summed E-state index contributed by atoms with van der Waals surface area (Å²) in [4.78, 5) is 13.5. The van der Waals surface area contributed by atoms with Crippen LogP contribution in [0.1, 0.15) is 31.7 Å². The van der Waals surface area contributed by atoms with Crippen LogP contribution in [0.5, 0.6) is 0 Å². The molecule has 1 atom stereocenters. The Balaban J connectivity index is 2.56. The van der Waals surface area contributed by atoms with Crippen LogP contribution in [0.15, 0.2) is 18.2 Å². The number of nitrogens with zero attached hydrogens (tertiary/aromatic N) is 2. The van der Waals surface area contributed by atoms with E-state index in [4.69, 9.17) is 11.6 Å². The number of benzene rings is 1. The maximum Gasteiger partial charge on any atom is 0.329 e. The highest BCUT2D eigenvalue weighted by molar-refractivity contribution is 6.32. The van der Waals surface area contributed by atoms with Crippen LogP contribution in [0.2, 0.25) is 5.02 Å². The first-order chi connectivity index (χ1) is 9.06. The summed E-state index contributed by atoms with van der Waals surface area (Å²) >= 11 is 6.03. The van der Waals surface area contributed by atoms with Gasteiger partial charge in [-0.05, 0) is 31.4 Å². The lowest BCUT2D eigenvalue weighted by atomic mass is 9.92. The summed E-state index contributed by atoms with van der Waals surface area (Å²) in [6.45, 7) is 2.50. The number of carbonyl (C=O) groups is 1. The van der Waals surface area contributed by atoms with Crippen LogP contribution in [-0.4, -0.2) is 23.2 Å². The lowest BCUT2D eigenvalue weighted by Gasteiger charge is -2.36. The molecule has 0 bridgehead atoms. The lowest BCUT2D eigenvalue weighted by molar-refractivity contribution is -0.143. The number of aliphatic carboxylic acids is 1. The molecule has 1 fully saturated rings. The van der Waals surface area contributed by atoms with Crippen LogP contribution in [0.4, 0.5) is 5.69 Å². The van der Waals surface area contributed by atoms with Gasteiger partial charge in [-0.2, -0.15) is 5.26 Å². The summed E-state index contributed by atoms with van der Waals surface area (Å²) in [5.41, 5.74) is 0.0536. The van der Waals surface area contributed by atoms with Crippen LogP contribution in [0, 0.1) is 11.3 Å². The maximum absolute atomic E-state index is 11.7. The Labute approximate surface area is 117 Å². The topological polar surface area (TPSA) is 64.3 Å². The summed E-state index contributed by atoms with van der Waals surface area (Å²) in [6.07, 6.45) is 1.90. The molecule has 0 aromatic heterocycles. The fourth-order valence-corrected chi connectivity index (χ4v) is 3.03. The second kappa shape index (κ2) is 5.10. The van der Waals surface area contributed by atoms with Crippen molar-refractivity contribution in [3.05, 3.63) is 28.8 Å². The first-order valence-electron chi connectivity index (χ1n) is 6.26. The van der Waals surface area contributed by atoms with Gasteiger partial charge in [-0.3, -0.25) is 0 Å². The third kappa shape index (κ3) is 2.04. The molecule has 1 aliphatic rings. The highest BCUT2D eigenvalue weighted by Crippen LogP contribution is 2.39. The van der Waals surface area contributed by atoms with Gasteiger partial charge in [0.1, 0.15) is 11.6 Å². The molecule has 2 rings (SSSR count). The first kappa shape index (κ1) is 13.7. The number of carboxylic acid groups (broad SMARTS) is 1. The van der Waals surface area contributed by atoms with Crippen molar-refractivity contribution in [3.63, 3.8) is 0 Å². The Bertz CT molecular complexity index is 553. The van der Waals surface area contributed by atoms with Crippen LogP contribution in [0.25, 0.3) is 0 Å². The van der Waals surface area contributed by atoms with E-state index >= 15 is 0 Å². The van der Waals surface area contributed by atoms with Gasteiger partial charge in [0.2, 0.25) is 0 Å². The molecule has 0 radical (unpaired) electrons. The van der Waals surface area contributed by atoms with Crippen LogP contribution < -0.4 is 4.90 Å². The van der Waals surface area contributed by atoms with Gasteiger partial charge in [0.25, 0.3) is 0 Å². The van der Waals surface area contributed by atoms with Gasteiger partial charge in [-0.15, -0.1) is 0 Å². The molecule has 1 aliphatic heterocycles. The van der Waals surface area contributed by atoms with Crippen LogP contribution in [0.3, 0.4) is 0 Å². The third-order valence-electron chi connectivity index (χ3n) is 3.87. The quantitative estimate of drug-likeness (QED) is 0.923. The molecule has 0 amide bonds. The number of nitriles is 1. The molecule has 100 valence electrons. The maximum atomic E-state index is 11.7. The van der Waals surface area contributed by atoms with Gasteiger partial charge in [0, 0.05) is 6.54 Å². The third-order valence-corrected chi connectivity index (χ3v) is 4.18. The second-order valence-corrected chi connectivity index (χ2v) is 5.10. The molecule has 0 spiro atoms. The van der Waals surface area contributed by atoms with E-state index in [-0.39, 0.29) is 0 Å². The highest BCUT2D eigenvalue weighted by Gasteiger charge is 2.47. The molecule has 1 saturated heterocycles. The first-order valence-corrected chi connectivity index (χ1v) is 6.64. The zero-order chi connectivity index (χ0) is 14.0. The summed E-state index contributed by atoms with van der Waals surface area (Å²) < 4.78 is 0. The predicted octanol–water partition coefficient (Wildman–Crippen LogP) is 3.05. The monoisotopic (exact) mass is 278 g/mol. The standard InChI is InChI=1S/C14H15ClN2O2/c1-2-14(13(18)19)7-4-8-17(14)12-6-3-5-11(15)10(12)9-16/h3,5-6H,2,4,7-8H2,1H3,(H,18,19). The van der Waals surface area contributed by atoms with Crippen molar-refractivity contribution < 1.29 is 9.90 Å².